The molecule has 1 N–H and O–H groups in total. The van der Waals surface area contributed by atoms with Crippen molar-refractivity contribution in [1.82, 2.24) is 15.1 Å². The zero-order valence-corrected chi connectivity index (χ0v) is 10.7. The molecular formula is C13H23N3. The van der Waals surface area contributed by atoms with E-state index in [2.05, 4.69) is 24.3 Å². The van der Waals surface area contributed by atoms with Gasteiger partial charge in [-0.25, -0.2) is 0 Å². The van der Waals surface area contributed by atoms with Gasteiger partial charge in [0.2, 0.25) is 0 Å². The predicted octanol–water partition coefficient (Wildman–Crippen LogP) is 2.32. The summed E-state index contributed by atoms with van der Waals surface area (Å²) in [7, 11) is 2.01. The molecule has 1 aliphatic carbocycles. The highest BCUT2D eigenvalue weighted by Crippen LogP contribution is 2.28. The van der Waals surface area contributed by atoms with E-state index < -0.39 is 0 Å². The smallest absolute Gasteiger partial charge is 0.0641 e. The van der Waals surface area contributed by atoms with Crippen LogP contribution in [-0.4, -0.2) is 16.3 Å². The molecule has 1 aliphatic rings. The summed E-state index contributed by atoms with van der Waals surface area (Å²) in [4.78, 5) is 0. The van der Waals surface area contributed by atoms with E-state index in [9.17, 15) is 0 Å². The predicted molar refractivity (Wildman–Crippen MR) is 66.3 cm³/mol. The summed E-state index contributed by atoms with van der Waals surface area (Å²) >= 11 is 0. The van der Waals surface area contributed by atoms with Crippen LogP contribution in [0.3, 0.4) is 0 Å². The van der Waals surface area contributed by atoms with Gasteiger partial charge in [-0.2, -0.15) is 5.10 Å². The minimum Gasteiger partial charge on any atom is -0.313 e. The summed E-state index contributed by atoms with van der Waals surface area (Å²) in [5, 5.41) is 7.97. The molecule has 0 aromatic carbocycles. The topological polar surface area (TPSA) is 29.9 Å². The highest BCUT2D eigenvalue weighted by molar-refractivity contribution is 5.23. The second kappa shape index (κ2) is 5.00. The molecule has 90 valence electrons. The summed E-state index contributed by atoms with van der Waals surface area (Å²) in [6, 6.07) is 0. The standard InChI is InChI=1S/C13H23N3/c1-10-13(11(2)16(3)15-10)9-14-8-7-12-5-4-6-12/h12,14H,4-9H2,1-3H3. The molecule has 0 amide bonds. The molecule has 0 saturated heterocycles. The Morgan fingerprint density at radius 2 is 2.12 bits per heavy atom. The van der Waals surface area contributed by atoms with Crippen LogP contribution < -0.4 is 5.32 Å². The lowest BCUT2D eigenvalue weighted by Crippen LogP contribution is -2.21. The fourth-order valence-electron chi connectivity index (χ4n) is 2.37. The van der Waals surface area contributed by atoms with Crippen molar-refractivity contribution in [3.8, 4) is 0 Å². The third kappa shape index (κ3) is 2.46. The molecule has 1 saturated carbocycles. The third-order valence-corrected chi connectivity index (χ3v) is 3.91. The van der Waals surface area contributed by atoms with Crippen molar-refractivity contribution in [2.75, 3.05) is 6.54 Å². The van der Waals surface area contributed by atoms with E-state index in [1.165, 1.54) is 36.9 Å². The van der Waals surface area contributed by atoms with Crippen molar-refractivity contribution in [3.05, 3.63) is 17.0 Å². The Bertz CT molecular complexity index is 350. The SMILES string of the molecule is Cc1nn(C)c(C)c1CNCCC1CCC1. The van der Waals surface area contributed by atoms with Crippen molar-refractivity contribution >= 4 is 0 Å². The maximum Gasteiger partial charge on any atom is 0.0641 e. The van der Waals surface area contributed by atoms with Gasteiger partial charge in [0.25, 0.3) is 0 Å². The van der Waals surface area contributed by atoms with E-state index in [-0.39, 0.29) is 0 Å². The van der Waals surface area contributed by atoms with E-state index in [1.807, 2.05) is 11.7 Å². The first kappa shape index (κ1) is 11.6. The molecule has 1 aromatic heterocycles. The molecule has 0 unspecified atom stereocenters. The average molecular weight is 221 g/mol. The van der Waals surface area contributed by atoms with Crippen LogP contribution in [0.1, 0.15) is 42.6 Å². The fraction of sp³-hybridized carbons (Fsp3) is 0.769. The Morgan fingerprint density at radius 1 is 1.38 bits per heavy atom. The van der Waals surface area contributed by atoms with Crippen molar-refractivity contribution in [3.63, 3.8) is 0 Å². The van der Waals surface area contributed by atoms with Crippen LogP contribution in [0.4, 0.5) is 0 Å². The lowest BCUT2D eigenvalue weighted by Gasteiger charge is -2.25. The van der Waals surface area contributed by atoms with Gasteiger partial charge in [0.1, 0.15) is 0 Å². The van der Waals surface area contributed by atoms with Crippen molar-refractivity contribution in [2.45, 2.75) is 46.1 Å². The van der Waals surface area contributed by atoms with E-state index >= 15 is 0 Å². The molecule has 1 heterocycles. The summed E-state index contributed by atoms with van der Waals surface area (Å²) in [5.74, 6) is 1.00. The Kier molecular flexibility index (Phi) is 3.64. The van der Waals surface area contributed by atoms with Crippen LogP contribution in [0.25, 0.3) is 0 Å². The van der Waals surface area contributed by atoms with E-state index in [0.29, 0.717) is 0 Å². The van der Waals surface area contributed by atoms with Crippen molar-refractivity contribution in [2.24, 2.45) is 13.0 Å². The first-order valence-electron chi connectivity index (χ1n) is 6.38. The number of hydrogen-bond acceptors (Lipinski definition) is 2. The Balaban J connectivity index is 1.75. The van der Waals surface area contributed by atoms with Crippen molar-refractivity contribution < 1.29 is 0 Å². The lowest BCUT2D eigenvalue weighted by atomic mass is 9.83. The number of aromatic nitrogens is 2. The Morgan fingerprint density at radius 3 is 2.62 bits per heavy atom. The molecule has 0 radical (unpaired) electrons. The highest BCUT2D eigenvalue weighted by Gasteiger charge is 2.16. The van der Waals surface area contributed by atoms with Crippen LogP contribution in [0.5, 0.6) is 0 Å². The van der Waals surface area contributed by atoms with Gasteiger partial charge in [-0.05, 0) is 32.7 Å². The summed E-state index contributed by atoms with van der Waals surface area (Å²) in [5.41, 5.74) is 3.82. The normalized spacial score (nSPS) is 16.4. The van der Waals surface area contributed by atoms with Crippen LogP contribution in [0.2, 0.25) is 0 Å². The number of rotatable bonds is 5. The monoisotopic (exact) mass is 221 g/mol. The van der Waals surface area contributed by atoms with Gasteiger partial charge < -0.3 is 5.32 Å². The number of aryl methyl sites for hydroxylation is 2. The maximum atomic E-state index is 4.43. The molecule has 0 atom stereocenters. The first-order valence-corrected chi connectivity index (χ1v) is 6.38. The lowest BCUT2D eigenvalue weighted by molar-refractivity contribution is 0.292. The minimum absolute atomic E-state index is 0.970. The van der Waals surface area contributed by atoms with Crippen LogP contribution >= 0.6 is 0 Å². The van der Waals surface area contributed by atoms with Crippen LogP contribution in [0, 0.1) is 19.8 Å². The highest BCUT2D eigenvalue weighted by atomic mass is 15.3. The molecule has 1 aromatic rings. The third-order valence-electron chi connectivity index (χ3n) is 3.91. The first-order chi connectivity index (χ1) is 7.68. The molecule has 3 heteroatoms. The number of hydrogen-bond donors (Lipinski definition) is 1. The Labute approximate surface area is 98.2 Å². The summed E-state index contributed by atoms with van der Waals surface area (Å²) in [6.07, 6.45) is 5.70. The zero-order valence-electron chi connectivity index (χ0n) is 10.7. The van der Waals surface area contributed by atoms with Gasteiger partial charge in [0, 0.05) is 24.8 Å². The van der Waals surface area contributed by atoms with Crippen LogP contribution in [-0.2, 0) is 13.6 Å². The molecule has 0 aliphatic heterocycles. The van der Waals surface area contributed by atoms with E-state index in [1.54, 1.807) is 0 Å². The summed E-state index contributed by atoms with van der Waals surface area (Å²) in [6.45, 7) is 6.36. The second-order valence-electron chi connectivity index (χ2n) is 5.04. The molecule has 16 heavy (non-hydrogen) atoms. The van der Waals surface area contributed by atoms with Gasteiger partial charge in [0.05, 0.1) is 5.69 Å². The molecule has 0 bridgehead atoms. The van der Waals surface area contributed by atoms with Crippen LogP contribution in [0.15, 0.2) is 0 Å². The summed E-state index contributed by atoms with van der Waals surface area (Å²) < 4.78 is 1.97. The number of nitrogens with one attached hydrogen (secondary N) is 1. The zero-order chi connectivity index (χ0) is 11.5. The fourth-order valence-corrected chi connectivity index (χ4v) is 2.37. The molecule has 2 rings (SSSR count). The molecule has 1 fully saturated rings. The van der Waals surface area contributed by atoms with Gasteiger partial charge in [0.15, 0.2) is 0 Å². The second-order valence-corrected chi connectivity index (χ2v) is 5.04. The van der Waals surface area contributed by atoms with E-state index in [4.69, 9.17) is 0 Å². The van der Waals surface area contributed by atoms with Gasteiger partial charge in [-0.3, -0.25) is 4.68 Å². The molecular weight excluding hydrogens is 198 g/mol. The van der Waals surface area contributed by atoms with Gasteiger partial charge in [-0.1, -0.05) is 19.3 Å². The van der Waals surface area contributed by atoms with E-state index in [0.717, 1.165) is 24.7 Å². The minimum atomic E-state index is 0.970. The van der Waals surface area contributed by atoms with Crippen molar-refractivity contribution in [1.29, 1.82) is 0 Å². The Hall–Kier alpha value is -0.830. The number of nitrogens with zero attached hydrogens (tertiary/aromatic N) is 2. The molecule has 3 nitrogen and oxygen atoms in total. The quantitative estimate of drug-likeness (QED) is 0.773. The average Bonchev–Trinajstić information content (AvgIpc) is 2.41. The maximum absolute atomic E-state index is 4.43. The van der Waals surface area contributed by atoms with Gasteiger partial charge >= 0.3 is 0 Å². The largest absolute Gasteiger partial charge is 0.313 e. The van der Waals surface area contributed by atoms with Gasteiger partial charge in [-0.15, -0.1) is 0 Å². The molecule has 0 spiro atoms.